The van der Waals surface area contributed by atoms with Crippen molar-refractivity contribution in [3.8, 4) is 0 Å². The number of esters is 1. The zero-order valence-corrected chi connectivity index (χ0v) is 17.0. The first kappa shape index (κ1) is 21.9. The van der Waals surface area contributed by atoms with Crippen molar-refractivity contribution in [1.82, 2.24) is 15.5 Å². The molecule has 1 amide bonds. The van der Waals surface area contributed by atoms with Gasteiger partial charge in [0, 0.05) is 33.7 Å². The van der Waals surface area contributed by atoms with Crippen LogP contribution in [0, 0.1) is 11.3 Å². The molecule has 0 saturated carbocycles. The summed E-state index contributed by atoms with van der Waals surface area (Å²) in [4.78, 5) is 29.7. The Morgan fingerprint density at radius 1 is 1.30 bits per heavy atom. The number of hydrogen-bond acceptors (Lipinski definition) is 4. The Balaban J connectivity index is 0.00000484. The molecule has 8 heteroatoms. The highest BCUT2D eigenvalue weighted by atomic mass is 127. The van der Waals surface area contributed by atoms with Crippen molar-refractivity contribution in [1.29, 1.82) is 0 Å². The van der Waals surface area contributed by atoms with Crippen LogP contribution in [0.2, 0.25) is 0 Å². The molecule has 1 saturated heterocycles. The van der Waals surface area contributed by atoms with Crippen molar-refractivity contribution in [3.05, 3.63) is 0 Å². The van der Waals surface area contributed by atoms with Crippen LogP contribution < -0.4 is 10.6 Å². The van der Waals surface area contributed by atoms with Gasteiger partial charge in [-0.3, -0.25) is 14.6 Å². The second kappa shape index (κ2) is 9.94. The van der Waals surface area contributed by atoms with Crippen LogP contribution in [0.5, 0.6) is 0 Å². The summed E-state index contributed by atoms with van der Waals surface area (Å²) in [5.41, 5.74) is -0.519. The molecule has 0 aromatic heterocycles. The SMILES string of the molecule is CN=C(NCC(C)(C)C(=O)NC)N1CCC(C(=O)OC)CC1.I. The van der Waals surface area contributed by atoms with E-state index in [0.29, 0.717) is 6.54 Å². The number of piperidine rings is 1. The lowest BCUT2D eigenvalue weighted by Crippen LogP contribution is -2.50. The second-order valence-corrected chi connectivity index (χ2v) is 6.15. The quantitative estimate of drug-likeness (QED) is 0.293. The number of hydrogen-bond donors (Lipinski definition) is 2. The van der Waals surface area contributed by atoms with Crippen molar-refractivity contribution in [3.63, 3.8) is 0 Å². The van der Waals surface area contributed by atoms with Crippen LogP contribution in [-0.2, 0) is 14.3 Å². The number of amides is 1. The Kier molecular flexibility index (Phi) is 9.48. The number of halogens is 1. The lowest BCUT2D eigenvalue weighted by molar-refractivity contribution is -0.146. The predicted molar refractivity (Wildman–Crippen MR) is 101 cm³/mol. The molecule has 1 heterocycles. The molecular weight excluding hydrogens is 411 g/mol. The molecule has 0 atom stereocenters. The highest BCUT2D eigenvalue weighted by Crippen LogP contribution is 2.19. The van der Waals surface area contributed by atoms with E-state index in [9.17, 15) is 9.59 Å². The van der Waals surface area contributed by atoms with Gasteiger partial charge in [-0.15, -0.1) is 24.0 Å². The summed E-state index contributed by atoms with van der Waals surface area (Å²) < 4.78 is 4.79. The van der Waals surface area contributed by atoms with E-state index >= 15 is 0 Å². The number of nitrogens with zero attached hydrogens (tertiary/aromatic N) is 2. The number of aliphatic imine (C=N–C) groups is 1. The van der Waals surface area contributed by atoms with E-state index < -0.39 is 5.41 Å². The molecule has 7 nitrogen and oxygen atoms in total. The predicted octanol–water partition coefficient (Wildman–Crippen LogP) is 0.837. The van der Waals surface area contributed by atoms with Gasteiger partial charge in [-0.1, -0.05) is 0 Å². The van der Waals surface area contributed by atoms with E-state index in [1.165, 1.54) is 7.11 Å². The largest absolute Gasteiger partial charge is 0.469 e. The minimum Gasteiger partial charge on any atom is -0.469 e. The summed E-state index contributed by atoms with van der Waals surface area (Å²) in [6, 6.07) is 0. The summed E-state index contributed by atoms with van der Waals surface area (Å²) in [7, 11) is 4.79. The van der Waals surface area contributed by atoms with Crippen LogP contribution in [0.25, 0.3) is 0 Å². The molecule has 0 aromatic carbocycles. The van der Waals surface area contributed by atoms with Crippen LogP contribution in [0.1, 0.15) is 26.7 Å². The molecule has 0 unspecified atom stereocenters. The van der Waals surface area contributed by atoms with Crippen molar-refractivity contribution < 1.29 is 14.3 Å². The summed E-state index contributed by atoms with van der Waals surface area (Å²) in [5, 5.41) is 5.92. The zero-order valence-electron chi connectivity index (χ0n) is 14.6. The van der Waals surface area contributed by atoms with Gasteiger partial charge in [0.25, 0.3) is 0 Å². The van der Waals surface area contributed by atoms with Crippen molar-refractivity contribution in [2.75, 3.05) is 40.8 Å². The Hall–Kier alpha value is -1.06. The summed E-state index contributed by atoms with van der Waals surface area (Å²) in [5.74, 6) is 0.588. The number of likely N-dealkylation sites (tertiary alicyclic amines) is 1. The maximum Gasteiger partial charge on any atom is 0.308 e. The van der Waals surface area contributed by atoms with Gasteiger partial charge in [-0.05, 0) is 26.7 Å². The third-order valence-electron chi connectivity index (χ3n) is 4.07. The van der Waals surface area contributed by atoms with Crippen molar-refractivity contribution in [2.45, 2.75) is 26.7 Å². The topological polar surface area (TPSA) is 83.0 Å². The molecule has 1 aliphatic rings. The Morgan fingerprint density at radius 2 is 1.87 bits per heavy atom. The van der Waals surface area contributed by atoms with Crippen LogP contribution in [0.3, 0.4) is 0 Å². The van der Waals surface area contributed by atoms with Gasteiger partial charge in [0.1, 0.15) is 0 Å². The van der Waals surface area contributed by atoms with Gasteiger partial charge in [0.2, 0.25) is 5.91 Å². The number of methoxy groups -OCH3 is 1. The minimum absolute atomic E-state index is 0. The fourth-order valence-electron chi connectivity index (χ4n) is 2.54. The number of ether oxygens (including phenoxy) is 1. The van der Waals surface area contributed by atoms with Gasteiger partial charge >= 0.3 is 5.97 Å². The Labute approximate surface area is 155 Å². The first-order valence-electron chi connectivity index (χ1n) is 7.61. The number of carbonyl (C=O) groups excluding carboxylic acids is 2. The fraction of sp³-hybridized carbons (Fsp3) is 0.800. The summed E-state index contributed by atoms with van der Waals surface area (Å²) in [6.07, 6.45) is 1.51. The molecule has 0 aromatic rings. The molecule has 0 aliphatic carbocycles. The third kappa shape index (κ3) is 6.15. The van der Waals surface area contributed by atoms with Crippen LogP contribution in [0.15, 0.2) is 4.99 Å². The molecule has 0 radical (unpaired) electrons. The normalized spacial score (nSPS) is 16.4. The summed E-state index contributed by atoms with van der Waals surface area (Å²) in [6.45, 7) is 5.77. The average Bonchev–Trinajstić information content (AvgIpc) is 2.54. The molecule has 0 spiro atoms. The van der Waals surface area contributed by atoms with Crippen molar-refractivity contribution in [2.24, 2.45) is 16.3 Å². The van der Waals surface area contributed by atoms with Gasteiger partial charge in [0.15, 0.2) is 5.96 Å². The van der Waals surface area contributed by atoms with E-state index in [-0.39, 0.29) is 41.8 Å². The molecule has 1 rings (SSSR count). The number of nitrogens with one attached hydrogen (secondary N) is 2. The Bertz CT molecular complexity index is 432. The Morgan fingerprint density at radius 3 is 2.30 bits per heavy atom. The van der Waals surface area contributed by atoms with Crippen molar-refractivity contribution >= 4 is 41.8 Å². The van der Waals surface area contributed by atoms with Gasteiger partial charge in [-0.2, -0.15) is 0 Å². The number of rotatable bonds is 4. The summed E-state index contributed by atoms with van der Waals surface area (Å²) >= 11 is 0. The standard InChI is InChI=1S/C15H28N4O3.HI/c1-15(2,13(21)16-3)10-18-14(17-4)19-8-6-11(7-9-19)12(20)22-5;/h11H,6-10H2,1-5H3,(H,16,21)(H,17,18);1H. The van der Waals surface area contributed by atoms with Crippen LogP contribution >= 0.6 is 24.0 Å². The first-order chi connectivity index (χ1) is 10.4. The molecule has 23 heavy (non-hydrogen) atoms. The zero-order chi connectivity index (χ0) is 16.8. The molecule has 2 N–H and O–H groups in total. The molecule has 0 bridgehead atoms. The van der Waals surface area contributed by atoms with E-state index in [1.807, 2.05) is 13.8 Å². The van der Waals surface area contributed by atoms with E-state index in [0.717, 1.165) is 31.9 Å². The molecule has 1 aliphatic heterocycles. The highest BCUT2D eigenvalue weighted by molar-refractivity contribution is 14.0. The van der Waals surface area contributed by atoms with Crippen LogP contribution in [-0.4, -0.2) is 63.6 Å². The molecule has 1 fully saturated rings. The lowest BCUT2D eigenvalue weighted by atomic mass is 9.92. The van der Waals surface area contributed by atoms with Crippen LogP contribution in [0.4, 0.5) is 0 Å². The van der Waals surface area contributed by atoms with Gasteiger partial charge < -0.3 is 20.3 Å². The minimum atomic E-state index is -0.519. The van der Waals surface area contributed by atoms with Gasteiger partial charge in [-0.25, -0.2) is 0 Å². The molecular formula is C15H29IN4O3. The van der Waals surface area contributed by atoms with E-state index in [4.69, 9.17) is 4.74 Å². The van der Waals surface area contributed by atoms with Gasteiger partial charge in [0.05, 0.1) is 18.4 Å². The first-order valence-corrected chi connectivity index (χ1v) is 7.61. The van der Waals surface area contributed by atoms with E-state index in [2.05, 4.69) is 20.5 Å². The average molecular weight is 440 g/mol. The number of guanidine groups is 1. The fourth-order valence-corrected chi connectivity index (χ4v) is 2.54. The maximum absolute atomic E-state index is 11.8. The number of carbonyl (C=O) groups is 2. The highest BCUT2D eigenvalue weighted by Gasteiger charge is 2.30. The smallest absolute Gasteiger partial charge is 0.308 e. The maximum atomic E-state index is 11.8. The van der Waals surface area contributed by atoms with E-state index in [1.54, 1.807) is 14.1 Å². The molecule has 134 valence electrons. The monoisotopic (exact) mass is 440 g/mol. The second-order valence-electron chi connectivity index (χ2n) is 6.15. The lowest BCUT2D eigenvalue weighted by Gasteiger charge is -2.34. The third-order valence-corrected chi connectivity index (χ3v) is 4.07.